The maximum atomic E-state index is 11.7. The Hall–Kier alpha value is -1.30. The molecule has 1 unspecified atom stereocenters. The average molecular weight is 259 g/mol. The summed E-state index contributed by atoms with van der Waals surface area (Å²) in [6, 6.07) is -0.224. The number of nitrogens with one attached hydrogen (secondary N) is 2. The number of amides is 2. The normalized spacial score (nSPS) is 12.3. The fourth-order valence-electron chi connectivity index (χ4n) is 1.53. The Morgan fingerprint density at radius 2 is 1.94 bits per heavy atom. The van der Waals surface area contributed by atoms with E-state index in [0.29, 0.717) is 6.54 Å². The highest BCUT2D eigenvalue weighted by molar-refractivity contribution is 5.75. The lowest BCUT2D eigenvalue weighted by atomic mass is 9.96. The smallest absolute Gasteiger partial charge is 0.317 e. The predicted octanol–water partition coefficient (Wildman–Crippen LogP) is 0.594. The number of nitrogens with zero attached hydrogens (tertiary/aromatic N) is 1. The molecular weight excluding hydrogens is 234 g/mol. The van der Waals surface area contributed by atoms with Crippen molar-refractivity contribution in [3.8, 4) is 0 Å². The molecule has 0 heterocycles. The van der Waals surface area contributed by atoms with E-state index in [1.165, 1.54) is 0 Å². The van der Waals surface area contributed by atoms with E-state index in [0.717, 1.165) is 13.0 Å². The molecule has 0 aliphatic heterocycles. The van der Waals surface area contributed by atoms with Gasteiger partial charge in [0.2, 0.25) is 0 Å². The Labute approximate surface area is 109 Å². The number of rotatable bonds is 8. The van der Waals surface area contributed by atoms with Gasteiger partial charge < -0.3 is 20.6 Å². The highest BCUT2D eigenvalue weighted by Gasteiger charge is 2.22. The van der Waals surface area contributed by atoms with Gasteiger partial charge in [-0.15, -0.1) is 0 Å². The SMILES string of the molecule is CNCCCN(C)C(=O)NCC(C(=O)O)C(C)C. The Bertz CT molecular complexity index is 269. The number of carbonyl (C=O) groups is 2. The van der Waals surface area contributed by atoms with Gasteiger partial charge in [-0.25, -0.2) is 4.79 Å². The third-order valence-electron chi connectivity index (χ3n) is 2.86. The lowest BCUT2D eigenvalue weighted by Gasteiger charge is -2.21. The molecule has 0 saturated carbocycles. The van der Waals surface area contributed by atoms with E-state index in [4.69, 9.17) is 5.11 Å². The van der Waals surface area contributed by atoms with E-state index >= 15 is 0 Å². The van der Waals surface area contributed by atoms with Crippen molar-refractivity contribution in [1.29, 1.82) is 0 Å². The van der Waals surface area contributed by atoms with Crippen molar-refractivity contribution in [3.63, 3.8) is 0 Å². The summed E-state index contributed by atoms with van der Waals surface area (Å²) in [6.45, 7) is 5.33. The first-order chi connectivity index (χ1) is 8.40. The molecule has 1 atom stereocenters. The standard InChI is InChI=1S/C12H25N3O3/c1-9(2)10(11(16)17)8-14-12(18)15(4)7-5-6-13-3/h9-10,13H,5-8H2,1-4H3,(H,14,18)(H,16,17). The molecule has 2 amide bonds. The summed E-state index contributed by atoms with van der Waals surface area (Å²) >= 11 is 0. The molecule has 0 aliphatic rings. The Morgan fingerprint density at radius 1 is 1.33 bits per heavy atom. The van der Waals surface area contributed by atoms with Crippen molar-refractivity contribution < 1.29 is 14.7 Å². The van der Waals surface area contributed by atoms with Gasteiger partial charge >= 0.3 is 12.0 Å². The minimum absolute atomic E-state index is 0.00241. The first-order valence-electron chi connectivity index (χ1n) is 6.26. The van der Waals surface area contributed by atoms with Crippen LogP contribution in [0.3, 0.4) is 0 Å². The van der Waals surface area contributed by atoms with Crippen LogP contribution >= 0.6 is 0 Å². The molecule has 6 heteroatoms. The van der Waals surface area contributed by atoms with Gasteiger partial charge in [-0.1, -0.05) is 13.8 Å². The summed E-state index contributed by atoms with van der Waals surface area (Å²) in [6.07, 6.45) is 0.868. The minimum atomic E-state index is -0.872. The van der Waals surface area contributed by atoms with Crippen LogP contribution in [0.5, 0.6) is 0 Å². The fraction of sp³-hybridized carbons (Fsp3) is 0.833. The monoisotopic (exact) mass is 259 g/mol. The van der Waals surface area contributed by atoms with E-state index in [2.05, 4.69) is 10.6 Å². The molecule has 0 spiro atoms. The summed E-state index contributed by atoms with van der Waals surface area (Å²) in [5, 5.41) is 14.7. The molecule has 3 N–H and O–H groups in total. The van der Waals surface area contributed by atoms with Gasteiger partial charge in [0.05, 0.1) is 5.92 Å². The lowest BCUT2D eigenvalue weighted by molar-refractivity contribution is -0.142. The predicted molar refractivity (Wildman–Crippen MR) is 70.5 cm³/mol. The van der Waals surface area contributed by atoms with Crippen LogP contribution in [0.2, 0.25) is 0 Å². The Kier molecular flexibility index (Phi) is 8.11. The van der Waals surface area contributed by atoms with Crippen LogP contribution in [0, 0.1) is 11.8 Å². The van der Waals surface area contributed by atoms with Crippen LogP contribution in [-0.2, 0) is 4.79 Å². The van der Waals surface area contributed by atoms with Gasteiger partial charge in [0.1, 0.15) is 0 Å². The molecule has 0 aromatic heterocycles. The van der Waals surface area contributed by atoms with Crippen molar-refractivity contribution >= 4 is 12.0 Å². The molecule has 0 aromatic rings. The van der Waals surface area contributed by atoms with Crippen LogP contribution in [0.4, 0.5) is 4.79 Å². The van der Waals surface area contributed by atoms with Gasteiger partial charge in [-0.05, 0) is 25.9 Å². The van der Waals surface area contributed by atoms with E-state index < -0.39 is 11.9 Å². The highest BCUT2D eigenvalue weighted by Crippen LogP contribution is 2.09. The highest BCUT2D eigenvalue weighted by atomic mass is 16.4. The summed E-state index contributed by atoms with van der Waals surface area (Å²) in [5.74, 6) is -1.42. The molecule has 0 aromatic carbocycles. The van der Waals surface area contributed by atoms with Gasteiger partial charge in [0.25, 0.3) is 0 Å². The zero-order valence-corrected chi connectivity index (χ0v) is 11.7. The molecule has 6 nitrogen and oxygen atoms in total. The zero-order valence-electron chi connectivity index (χ0n) is 11.7. The van der Waals surface area contributed by atoms with E-state index in [9.17, 15) is 9.59 Å². The molecule has 0 radical (unpaired) electrons. The van der Waals surface area contributed by atoms with Crippen LogP contribution in [-0.4, -0.2) is 55.7 Å². The third kappa shape index (κ3) is 6.44. The average Bonchev–Trinajstić information content (AvgIpc) is 2.28. The summed E-state index contributed by atoms with van der Waals surface area (Å²) < 4.78 is 0. The molecule has 0 aliphatic carbocycles. The summed E-state index contributed by atoms with van der Waals surface area (Å²) in [7, 11) is 3.57. The molecule has 0 fully saturated rings. The van der Waals surface area contributed by atoms with E-state index in [1.54, 1.807) is 11.9 Å². The van der Waals surface area contributed by atoms with Gasteiger partial charge in [-0.2, -0.15) is 0 Å². The van der Waals surface area contributed by atoms with Gasteiger partial charge in [0, 0.05) is 20.1 Å². The first-order valence-corrected chi connectivity index (χ1v) is 6.26. The van der Waals surface area contributed by atoms with Crippen molar-refractivity contribution in [2.75, 3.05) is 33.7 Å². The van der Waals surface area contributed by atoms with Gasteiger partial charge in [-0.3, -0.25) is 4.79 Å². The number of aliphatic carboxylic acids is 1. The second-order valence-electron chi connectivity index (χ2n) is 4.75. The van der Waals surface area contributed by atoms with Crippen molar-refractivity contribution in [1.82, 2.24) is 15.5 Å². The summed E-state index contributed by atoms with van der Waals surface area (Å²) in [5.41, 5.74) is 0. The number of hydrogen-bond acceptors (Lipinski definition) is 3. The number of carbonyl (C=O) groups excluding carboxylic acids is 1. The number of carboxylic acid groups (broad SMARTS) is 1. The third-order valence-corrected chi connectivity index (χ3v) is 2.86. The van der Waals surface area contributed by atoms with Crippen LogP contribution in [0.1, 0.15) is 20.3 Å². The maximum Gasteiger partial charge on any atom is 0.317 e. The first kappa shape index (κ1) is 16.7. The quantitative estimate of drug-likeness (QED) is 0.557. The Morgan fingerprint density at radius 3 is 2.39 bits per heavy atom. The van der Waals surface area contributed by atoms with Crippen LogP contribution in [0.25, 0.3) is 0 Å². The Balaban J connectivity index is 4.03. The molecule has 0 bridgehead atoms. The molecule has 0 rings (SSSR count). The van der Waals surface area contributed by atoms with E-state index in [-0.39, 0.29) is 18.5 Å². The summed E-state index contributed by atoms with van der Waals surface area (Å²) in [4.78, 5) is 24.2. The number of carboxylic acids is 1. The van der Waals surface area contributed by atoms with Gasteiger partial charge in [0.15, 0.2) is 0 Å². The van der Waals surface area contributed by atoms with Crippen molar-refractivity contribution in [3.05, 3.63) is 0 Å². The maximum absolute atomic E-state index is 11.7. The fourth-order valence-corrected chi connectivity index (χ4v) is 1.53. The second-order valence-corrected chi connectivity index (χ2v) is 4.75. The molecule has 106 valence electrons. The lowest BCUT2D eigenvalue weighted by Crippen LogP contribution is -2.42. The molecular formula is C12H25N3O3. The second kappa shape index (κ2) is 8.74. The minimum Gasteiger partial charge on any atom is -0.481 e. The largest absolute Gasteiger partial charge is 0.481 e. The van der Waals surface area contributed by atoms with Crippen LogP contribution in [0.15, 0.2) is 0 Å². The number of hydrogen-bond donors (Lipinski definition) is 3. The van der Waals surface area contributed by atoms with Crippen LogP contribution < -0.4 is 10.6 Å². The van der Waals surface area contributed by atoms with Crippen molar-refractivity contribution in [2.24, 2.45) is 11.8 Å². The van der Waals surface area contributed by atoms with E-state index in [1.807, 2.05) is 20.9 Å². The molecule has 0 saturated heterocycles. The number of urea groups is 1. The topological polar surface area (TPSA) is 81.7 Å². The zero-order chi connectivity index (χ0) is 14.1. The van der Waals surface area contributed by atoms with Crippen molar-refractivity contribution in [2.45, 2.75) is 20.3 Å². The molecule has 18 heavy (non-hydrogen) atoms.